The summed E-state index contributed by atoms with van der Waals surface area (Å²) >= 11 is 0. The summed E-state index contributed by atoms with van der Waals surface area (Å²) in [6, 6.07) is 3.66. The zero-order chi connectivity index (χ0) is 13.8. The zero-order valence-corrected chi connectivity index (χ0v) is 11.2. The molecule has 1 saturated heterocycles. The quantitative estimate of drug-likeness (QED) is 0.759. The summed E-state index contributed by atoms with van der Waals surface area (Å²) in [5.74, 6) is -0.239. The van der Waals surface area contributed by atoms with Crippen LogP contribution in [0, 0.1) is 11.8 Å². The monoisotopic (exact) mass is 262 g/mol. The first-order valence-electron chi connectivity index (χ1n) is 6.36. The molecule has 2 atom stereocenters. The summed E-state index contributed by atoms with van der Waals surface area (Å²) in [6.45, 7) is 3.04. The van der Waals surface area contributed by atoms with Crippen molar-refractivity contribution < 1.29 is 14.3 Å². The minimum atomic E-state index is -0.230. The van der Waals surface area contributed by atoms with E-state index >= 15 is 0 Å². The van der Waals surface area contributed by atoms with Gasteiger partial charge in [0.2, 0.25) is 5.91 Å². The number of methoxy groups -OCH3 is 1. The van der Waals surface area contributed by atoms with Crippen molar-refractivity contribution >= 4 is 11.9 Å². The number of hydrogen-bond acceptors (Lipinski definition) is 4. The lowest BCUT2D eigenvalue weighted by Crippen LogP contribution is -2.31. The Hall–Kier alpha value is -1.91. The number of ether oxygens (including phenoxy) is 1. The molecule has 102 valence electrons. The molecule has 0 spiro atoms. The van der Waals surface area contributed by atoms with Gasteiger partial charge in [-0.25, -0.2) is 0 Å². The highest BCUT2D eigenvalue weighted by Crippen LogP contribution is 2.24. The van der Waals surface area contributed by atoms with Crippen LogP contribution in [-0.4, -0.2) is 42.0 Å². The second kappa shape index (κ2) is 5.82. The minimum absolute atomic E-state index is 0.0458. The van der Waals surface area contributed by atoms with Crippen LogP contribution in [0.1, 0.15) is 12.5 Å². The Morgan fingerprint density at radius 2 is 2.05 bits per heavy atom. The van der Waals surface area contributed by atoms with Crippen LogP contribution in [0.3, 0.4) is 0 Å². The number of nitrogens with zero attached hydrogens (tertiary/aromatic N) is 2. The lowest BCUT2D eigenvalue weighted by atomic mass is 9.99. The second-order valence-corrected chi connectivity index (χ2v) is 4.94. The summed E-state index contributed by atoms with van der Waals surface area (Å²) in [7, 11) is 1.39. The molecule has 1 aromatic heterocycles. The maximum atomic E-state index is 12.2. The molecule has 1 amide bonds. The minimum Gasteiger partial charge on any atom is -0.469 e. The summed E-state index contributed by atoms with van der Waals surface area (Å²) in [5, 5.41) is 0. The van der Waals surface area contributed by atoms with Crippen molar-refractivity contribution in [1.82, 2.24) is 9.88 Å². The summed E-state index contributed by atoms with van der Waals surface area (Å²) in [4.78, 5) is 29.4. The van der Waals surface area contributed by atoms with Crippen LogP contribution in [-0.2, 0) is 20.7 Å². The number of amides is 1. The molecule has 2 rings (SSSR count). The molecule has 0 saturated carbocycles. The smallest absolute Gasteiger partial charge is 0.310 e. The molecule has 0 bridgehead atoms. The molecule has 5 heteroatoms. The van der Waals surface area contributed by atoms with Crippen molar-refractivity contribution in [3.05, 3.63) is 30.1 Å². The SMILES string of the molecule is COC(=O)C1CN(C(=O)Cc2ccncc2)CC1C. The Morgan fingerprint density at radius 1 is 1.37 bits per heavy atom. The van der Waals surface area contributed by atoms with E-state index < -0.39 is 0 Å². The maximum absolute atomic E-state index is 12.2. The number of hydrogen-bond donors (Lipinski definition) is 0. The average molecular weight is 262 g/mol. The molecule has 1 aromatic rings. The Balaban J connectivity index is 1.96. The van der Waals surface area contributed by atoms with Crippen LogP contribution in [0.15, 0.2) is 24.5 Å². The van der Waals surface area contributed by atoms with E-state index in [-0.39, 0.29) is 23.7 Å². The lowest BCUT2D eigenvalue weighted by molar-refractivity contribution is -0.146. The fourth-order valence-electron chi connectivity index (χ4n) is 2.42. The van der Waals surface area contributed by atoms with E-state index in [0.717, 1.165) is 5.56 Å². The first-order valence-corrected chi connectivity index (χ1v) is 6.36. The van der Waals surface area contributed by atoms with Crippen LogP contribution < -0.4 is 0 Å². The van der Waals surface area contributed by atoms with Crippen molar-refractivity contribution in [2.75, 3.05) is 20.2 Å². The molecule has 1 aliphatic rings. The van der Waals surface area contributed by atoms with Crippen LogP contribution in [0.5, 0.6) is 0 Å². The highest BCUT2D eigenvalue weighted by molar-refractivity contribution is 5.81. The Morgan fingerprint density at radius 3 is 2.68 bits per heavy atom. The van der Waals surface area contributed by atoms with Crippen molar-refractivity contribution in [2.24, 2.45) is 11.8 Å². The zero-order valence-electron chi connectivity index (χ0n) is 11.2. The fourth-order valence-corrected chi connectivity index (χ4v) is 2.42. The van der Waals surface area contributed by atoms with Crippen LogP contribution >= 0.6 is 0 Å². The van der Waals surface area contributed by atoms with Crippen LogP contribution in [0.4, 0.5) is 0 Å². The van der Waals surface area contributed by atoms with Gasteiger partial charge in [0, 0.05) is 25.5 Å². The molecule has 2 heterocycles. The van der Waals surface area contributed by atoms with Crippen LogP contribution in [0.25, 0.3) is 0 Å². The predicted octanol–water partition coefficient (Wildman–Crippen LogP) is 0.892. The van der Waals surface area contributed by atoms with Gasteiger partial charge in [-0.3, -0.25) is 14.6 Å². The van der Waals surface area contributed by atoms with Gasteiger partial charge >= 0.3 is 5.97 Å². The largest absolute Gasteiger partial charge is 0.469 e. The molecule has 0 aromatic carbocycles. The normalized spacial score (nSPS) is 22.3. The Kier molecular flexibility index (Phi) is 4.14. The molecule has 1 fully saturated rings. The van der Waals surface area contributed by atoms with Gasteiger partial charge in [0.15, 0.2) is 0 Å². The van der Waals surface area contributed by atoms with E-state index in [9.17, 15) is 9.59 Å². The lowest BCUT2D eigenvalue weighted by Gasteiger charge is -2.16. The molecule has 1 aliphatic heterocycles. The summed E-state index contributed by atoms with van der Waals surface area (Å²) in [6.07, 6.45) is 3.70. The molecule has 5 nitrogen and oxygen atoms in total. The third-order valence-electron chi connectivity index (χ3n) is 3.57. The maximum Gasteiger partial charge on any atom is 0.310 e. The molecule has 0 N–H and O–H groups in total. The summed E-state index contributed by atoms with van der Waals surface area (Å²) in [5.41, 5.74) is 0.939. The highest BCUT2D eigenvalue weighted by atomic mass is 16.5. The number of likely N-dealkylation sites (tertiary alicyclic amines) is 1. The first-order chi connectivity index (χ1) is 9.11. The van der Waals surface area contributed by atoms with E-state index in [1.54, 1.807) is 17.3 Å². The number of carbonyl (C=O) groups is 2. The Bertz CT molecular complexity index is 461. The van der Waals surface area contributed by atoms with Gasteiger partial charge in [0.05, 0.1) is 19.4 Å². The van der Waals surface area contributed by atoms with Crippen molar-refractivity contribution in [3.63, 3.8) is 0 Å². The molecule has 0 aliphatic carbocycles. The fraction of sp³-hybridized carbons (Fsp3) is 0.500. The number of esters is 1. The van der Waals surface area contributed by atoms with E-state index in [2.05, 4.69) is 4.98 Å². The summed E-state index contributed by atoms with van der Waals surface area (Å²) < 4.78 is 4.77. The van der Waals surface area contributed by atoms with Gasteiger partial charge in [-0.1, -0.05) is 6.92 Å². The number of pyridine rings is 1. The van der Waals surface area contributed by atoms with Crippen molar-refractivity contribution in [3.8, 4) is 0 Å². The molecule has 0 radical (unpaired) electrons. The number of aromatic nitrogens is 1. The Labute approximate surface area is 112 Å². The van der Waals surface area contributed by atoms with Gasteiger partial charge in [0.25, 0.3) is 0 Å². The molecular formula is C14H18N2O3. The van der Waals surface area contributed by atoms with E-state index in [4.69, 9.17) is 4.74 Å². The predicted molar refractivity (Wildman–Crippen MR) is 69.2 cm³/mol. The topological polar surface area (TPSA) is 59.5 Å². The molecular weight excluding hydrogens is 244 g/mol. The van der Waals surface area contributed by atoms with Crippen molar-refractivity contribution in [1.29, 1.82) is 0 Å². The van der Waals surface area contributed by atoms with Gasteiger partial charge in [-0.2, -0.15) is 0 Å². The second-order valence-electron chi connectivity index (χ2n) is 4.94. The van der Waals surface area contributed by atoms with Crippen molar-refractivity contribution in [2.45, 2.75) is 13.3 Å². The van der Waals surface area contributed by atoms with Gasteiger partial charge in [-0.15, -0.1) is 0 Å². The van der Waals surface area contributed by atoms with E-state index in [1.165, 1.54) is 7.11 Å². The van der Waals surface area contributed by atoms with E-state index in [1.807, 2.05) is 19.1 Å². The number of carbonyl (C=O) groups excluding carboxylic acids is 2. The molecule has 2 unspecified atom stereocenters. The van der Waals surface area contributed by atoms with E-state index in [0.29, 0.717) is 19.5 Å². The van der Waals surface area contributed by atoms with Gasteiger partial charge in [0.1, 0.15) is 0 Å². The standard InChI is InChI=1S/C14H18N2O3/c1-10-8-16(9-12(10)14(18)19-2)13(17)7-11-3-5-15-6-4-11/h3-6,10,12H,7-9H2,1-2H3. The van der Waals surface area contributed by atoms with Gasteiger partial charge < -0.3 is 9.64 Å². The first kappa shape index (κ1) is 13.5. The van der Waals surface area contributed by atoms with Crippen LogP contribution in [0.2, 0.25) is 0 Å². The van der Waals surface area contributed by atoms with Gasteiger partial charge in [-0.05, 0) is 23.6 Å². The highest BCUT2D eigenvalue weighted by Gasteiger charge is 2.37. The number of rotatable bonds is 3. The average Bonchev–Trinajstić information content (AvgIpc) is 2.81. The third-order valence-corrected chi connectivity index (χ3v) is 3.57. The third kappa shape index (κ3) is 3.10. The molecule has 19 heavy (non-hydrogen) atoms.